The summed E-state index contributed by atoms with van der Waals surface area (Å²) in [6.45, 7) is 2.05. The van der Waals surface area contributed by atoms with E-state index in [1.54, 1.807) is 12.4 Å². The first-order chi connectivity index (χ1) is 15.0. The third kappa shape index (κ3) is 3.38. The first-order valence-electron chi connectivity index (χ1n) is 10.6. The number of carboxylic acids is 1. The summed E-state index contributed by atoms with van der Waals surface area (Å²) in [5.41, 5.74) is 7.20. The maximum atomic E-state index is 11.8. The molecule has 0 unspecified atom stereocenters. The number of fused-ring (bicyclic) bond motifs is 1. The van der Waals surface area contributed by atoms with Gasteiger partial charge in [0.05, 0.1) is 23.0 Å². The van der Waals surface area contributed by atoms with E-state index in [9.17, 15) is 9.90 Å². The second kappa shape index (κ2) is 7.61. The molecule has 2 aromatic heterocycles. The number of benzene rings is 2. The molecule has 0 saturated heterocycles. The third-order valence-corrected chi connectivity index (χ3v) is 6.53. The van der Waals surface area contributed by atoms with Gasteiger partial charge in [-0.1, -0.05) is 25.0 Å². The van der Waals surface area contributed by atoms with Gasteiger partial charge in [0.25, 0.3) is 0 Å². The van der Waals surface area contributed by atoms with Crippen LogP contribution < -0.4 is 0 Å². The molecule has 0 aliphatic heterocycles. The summed E-state index contributed by atoms with van der Waals surface area (Å²) < 4.78 is 1.86. The van der Waals surface area contributed by atoms with Gasteiger partial charge in [-0.05, 0) is 61.1 Å². The number of carboxylic acid groups (broad SMARTS) is 1. The van der Waals surface area contributed by atoms with Crippen LogP contribution in [-0.4, -0.2) is 30.8 Å². The quantitative estimate of drug-likeness (QED) is 0.488. The zero-order valence-electron chi connectivity index (χ0n) is 17.7. The molecule has 1 fully saturated rings. The predicted molar refractivity (Wildman–Crippen MR) is 120 cm³/mol. The summed E-state index contributed by atoms with van der Waals surface area (Å²) in [4.78, 5) is 20.9. The molecule has 0 radical (unpaired) electrons. The Morgan fingerprint density at radius 3 is 2.55 bits per heavy atom. The fourth-order valence-corrected chi connectivity index (χ4v) is 4.72. The Labute approximate surface area is 180 Å². The lowest BCUT2D eigenvalue weighted by Crippen LogP contribution is -2.06. The maximum Gasteiger partial charge on any atom is 0.335 e. The van der Waals surface area contributed by atoms with Gasteiger partial charge in [0, 0.05) is 29.3 Å². The smallest absolute Gasteiger partial charge is 0.335 e. The van der Waals surface area contributed by atoms with Crippen LogP contribution in [0.5, 0.6) is 0 Å². The molecule has 2 heterocycles. The minimum Gasteiger partial charge on any atom is -0.478 e. The van der Waals surface area contributed by atoms with E-state index in [1.165, 1.54) is 0 Å². The third-order valence-electron chi connectivity index (χ3n) is 6.53. The number of aromatic nitrogens is 4. The molecule has 4 aromatic rings. The van der Waals surface area contributed by atoms with Gasteiger partial charge in [0.2, 0.25) is 0 Å². The van der Waals surface area contributed by atoms with Gasteiger partial charge in [0.15, 0.2) is 0 Å². The highest BCUT2D eigenvalue weighted by Gasteiger charge is 2.23. The molecule has 156 valence electrons. The Balaban J connectivity index is 1.62. The van der Waals surface area contributed by atoms with Crippen LogP contribution in [0.3, 0.4) is 0 Å². The van der Waals surface area contributed by atoms with Crippen LogP contribution in [0.15, 0.2) is 48.9 Å². The van der Waals surface area contributed by atoms with Crippen LogP contribution >= 0.6 is 0 Å². The molecule has 1 aliphatic rings. The van der Waals surface area contributed by atoms with Crippen molar-refractivity contribution in [2.75, 3.05) is 0 Å². The van der Waals surface area contributed by atoms with Gasteiger partial charge < -0.3 is 5.11 Å². The van der Waals surface area contributed by atoms with Gasteiger partial charge >= 0.3 is 5.97 Å². The Bertz CT molecular complexity index is 1300. The average Bonchev–Trinajstić information content (AvgIpc) is 3.43. The Morgan fingerprint density at radius 1 is 1.06 bits per heavy atom. The van der Waals surface area contributed by atoms with Gasteiger partial charge in [0.1, 0.15) is 6.33 Å². The van der Waals surface area contributed by atoms with Crippen LogP contribution in [-0.2, 0) is 7.05 Å². The molecule has 1 aliphatic carbocycles. The van der Waals surface area contributed by atoms with Crippen molar-refractivity contribution in [2.24, 2.45) is 7.05 Å². The van der Waals surface area contributed by atoms with E-state index < -0.39 is 5.97 Å². The van der Waals surface area contributed by atoms with Crippen molar-refractivity contribution in [1.82, 2.24) is 19.7 Å². The number of nitrogens with zero attached hydrogens (tertiary/aromatic N) is 4. The molecule has 6 nitrogen and oxygen atoms in total. The second-order valence-electron chi connectivity index (χ2n) is 8.31. The van der Waals surface area contributed by atoms with Gasteiger partial charge in [-0.3, -0.25) is 4.68 Å². The number of hydrogen-bond donors (Lipinski definition) is 1. The van der Waals surface area contributed by atoms with Crippen LogP contribution in [0.2, 0.25) is 0 Å². The van der Waals surface area contributed by atoms with Crippen molar-refractivity contribution >= 4 is 16.9 Å². The summed E-state index contributed by atoms with van der Waals surface area (Å²) in [5.74, 6) is -0.559. The molecule has 0 spiro atoms. The fraction of sp³-hybridized carbons (Fsp3) is 0.280. The lowest BCUT2D eigenvalue weighted by molar-refractivity contribution is 0.0695. The molecule has 0 amide bonds. The molecule has 0 atom stereocenters. The van der Waals surface area contributed by atoms with E-state index in [-0.39, 0.29) is 0 Å². The fourth-order valence-electron chi connectivity index (χ4n) is 4.72. The molecule has 1 N–H and O–H groups in total. The van der Waals surface area contributed by atoms with E-state index >= 15 is 0 Å². The van der Waals surface area contributed by atoms with Crippen molar-refractivity contribution < 1.29 is 9.90 Å². The van der Waals surface area contributed by atoms with Crippen molar-refractivity contribution in [3.63, 3.8) is 0 Å². The van der Waals surface area contributed by atoms with Crippen LogP contribution in [0, 0.1) is 6.92 Å². The highest BCUT2D eigenvalue weighted by molar-refractivity contribution is 5.96. The van der Waals surface area contributed by atoms with Crippen LogP contribution in [0.4, 0.5) is 0 Å². The second-order valence-corrected chi connectivity index (χ2v) is 8.31. The molecule has 1 saturated carbocycles. The van der Waals surface area contributed by atoms with Crippen molar-refractivity contribution in [2.45, 2.75) is 38.5 Å². The van der Waals surface area contributed by atoms with Crippen LogP contribution in [0.25, 0.3) is 33.3 Å². The summed E-state index contributed by atoms with van der Waals surface area (Å²) in [5, 5.41) is 15.0. The Hall–Kier alpha value is -3.54. The minimum absolute atomic E-state index is 0.305. The van der Waals surface area contributed by atoms with Gasteiger partial charge in [-0.15, -0.1) is 0 Å². The zero-order chi connectivity index (χ0) is 21.5. The van der Waals surface area contributed by atoms with Gasteiger partial charge in [-0.2, -0.15) is 5.10 Å². The van der Waals surface area contributed by atoms with E-state index in [0.29, 0.717) is 11.5 Å². The molecule has 5 rings (SSSR count). The molecule has 31 heavy (non-hydrogen) atoms. The summed E-state index contributed by atoms with van der Waals surface area (Å²) in [6.07, 6.45) is 7.85. The van der Waals surface area contributed by atoms with E-state index in [4.69, 9.17) is 0 Å². The van der Waals surface area contributed by atoms with Gasteiger partial charge in [-0.25, -0.2) is 14.8 Å². The number of carbonyl (C=O) groups is 1. The zero-order valence-corrected chi connectivity index (χ0v) is 17.7. The molecule has 0 bridgehead atoms. The number of hydrogen-bond acceptors (Lipinski definition) is 4. The van der Waals surface area contributed by atoms with Crippen molar-refractivity contribution in [3.05, 3.63) is 65.7 Å². The first kappa shape index (κ1) is 19.4. The average molecular weight is 412 g/mol. The summed E-state index contributed by atoms with van der Waals surface area (Å²) in [7, 11) is 1.93. The lowest BCUT2D eigenvalue weighted by atomic mass is 9.90. The number of aryl methyl sites for hydroxylation is 1. The van der Waals surface area contributed by atoms with E-state index in [0.717, 1.165) is 70.2 Å². The standard InChI is InChI=1S/C25H24N4O2/c1-15-22(13-28-29(15)2)17-7-10-20-23(12-17)26-14-27-24(20)18-8-9-19(25(30)31)21(11-18)16-5-3-4-6-16/h7-14,16H,3-6H2,1-2H3,(H,30,31). The Morgan fingerprint density at radius 2 is 1.84 bits per heavy atom. The summed E-state index contributed by atoms with van der Waals surface area (Å²) in [6, 6.07) is 11.8. The Kier molecular flexibility index (Phi) is 4.77. The highest BCUT2D eigenvalue weighted by atomic mass is 16.4. The topological polar surface area (TPSA) is 80.9 Å². The molecular formula is C25H24N4O2. The molecular weight excluding hydrogens is 388 g/mol. The molecule has 6 heteroatoms. The van der Waals surface area contributed by atoms with E-state index in [2.05, 4.69) is 27.2 Å². The number of rotatable bonds is 4. The van der Waals surface area contributed by atoms with E-state index in [1.807, 2.05) is 43.0 Å². The number of aromatic carboxylic acids is 1. The maximum absolute atomic E-state index is 11.8. The first-order valence-corrected chi connectivity index (χ1v) is 10.6. The summed E-state index contributed by atoms with van der Waals surface area (Å²) >= 11 is 0. The highest BCUT2D eigenvalue weighted by Crippen LogP contribution is 2.38. The van der Waals surface area contributed by atoms with Crippen molar-refractivity contribution in [3.8, 4) is 22.4 Å². The minimum atomic E-state index is -0.863. The van der Waals surface area contributed by atoms with Crippen LogP contribution in [0.1, 0.15) is 53.2 Å². The lowest BCUT2D eigenvalue weighted by Gasteiger charge is -2.15. The largest absolute Gasteiger partial charge is 0.478 e. The van der Waals surface area contributed by atoms with Crippen molar-refractivity contribution in [1.29, 1.82) is 0 Å². The predicted octanol–water partition coefficient (Wildman–Crippen LogP) is 5.36. The monoisotopic (exact) mass is 412 g/mol. The molecule has 2 aromatic carbocycles. The SMILES string of the molecule is Cc1c(-c2ccc3c(-c4ccc(C(=O)O)c(C5CCCC5)c4)ncnc3c2)cnn1C. The normalized spacial score (nSPS) is 14.4.